The molecule has 1 aliphatic heterocycles. The van der Waals surface area contributed by atoms with Gasteiger partial charge in [-0.1, -0.05) is 12.1 Å². The number of methoxy groups -OCH3 is 1. The van der Waals surface area contributed by atoms with E-state index in [1.165, 1.54) is 0 Å². The van der Waals surface area contributed by atoms with Gasteiger partial charge >= 0.3 is 0 Å². The molecule has 1 atom stereocenters. The van der Waals surface area contributed by atoms with Crippen LogP contribution in [0.3, 0.4) is 0 Å². The first kappa shape index (κ1) is 15.6. The molecule has 0 amide bonds. The lowest BCUT2D eigenvalue weighted by molar-refractivity contribution is 0.0243. The minimum atomic E-state index is -0.0758. The highest BCUT2D eigenvalue weighted by Crippen LogP contribution is 2.23. The van der Waals surface area contributed by atoms with Crippen LogP contribution in [0.2, 0.25) is 0 Å². The summed E-state index contributed by atoms with van der Waals surface area (Å²) < 4.78 is 11.0. The molecule has 0 aromatic heterocycles. The molecule has 1 heterocycles. The SMILES string of the molecule is CN=C(NCc1cccc(OC)c1)NCC1(C)CCCO1. The third-order valence-electron chi connectivity index (χ3n) is 3.75. The molecule has 1 aromatic carbocycles. The van der Waals surface area contributed by atoms with Gasteiger partial charge in [0.15, 0.2) is 5.96 Å². The Morgan fingerprint density at radius 1 is 1.43 bits per heavy atom. The molecule has 0 radical (unpaired) electrons. The van der Waals surface area contributed by atoms with Crippen LogP contribution in [0.15, 0.2) is 29.3 Å². The number of rotatable bonds is 5. The van der Waals surface area contributed by atoms with E-state index in [0.29, 0.717) is 6.54 Å². The van der Waals surface area contributed by atoms with Crippen molar-refractivity contribution in [1.82, 2.24) is 10.6 Å². The first-order valence-electron chi connectivity index (χ1n) is 7.37. The summed E-state index contributed by atoms with van der Waals surface area (Å²) in [5.41, 5.74) is 1.08. The van der Waals surface area contributed by atoms with E-state index in [1.807, 2.05) is 18.2 Å². The molecule has 2 N–H and O–H groups in total. The standard InChI is InChI=1S/C16H25N3O2/c1-16(8-5-9-21-16)12-19-15(17-2)18-11-13-6-4-7-14(10-13)20-3/h4,6-7,10H,5,8-9,11-12H2,1-3H3,(H2,17,18,19). The Labute approximate surface area is 126 Å². The van der Waals surface area contributed by atoms with Crippen LogP contribution in [0.1, 0.15) is 25.3 Å². The van der Waals surface area contributed by atoms with Crippen LogP contribution >= 0.6 is 0 Å². The molecule has 21 heavy (non-hydrogen) atoms. The van der Waals surface area contributed by atoms with Gasteiger partial charge in [0.25, 0.3) is 0 Å². The highest BCUT2D eigenvalue weighted by atomic mass is 16.5. The van der Waals surface area contributed by atoms with E-state index in [4.69, 9.17) is 9.47 Å². The Balaban J connectivity index is 1.82. The van der Waals surface area contributed by atoms with Gasteiger partial charge in [-0.15, -0.1) is 0 Å². The molecule has 1 aromatic rings. The molecule has 0 aliphatic carbocycles. The Bertz CT molecular complexity index is 482. The van der Waals surface area contributed by atoms with Crippen LogP contribution in [0, 0.1) is 0 Å². The molecular formula is C16H25N3O2. The molecule has 116 valence electrons. The maximum absolute atomic E-state index is 5.77. The van der Waals surface area contributed by atoms with Crippen molar-refractivity contribution < 1.29 is 9.47 Å². The summed E-state index contributed by atoms with van der Waals surface area (Å²) in [6.45, 7) is 4.47. The van der Waals surface area contributed by atoms with Crippen LogP contribution in [0.4, 0.5) is 0 Å². The predicted octanol–water partition coefficient (Wildman–Crippen LogP) is 1.93. The van der Waals surface area contributed by atoms with Crippen LogP contribution in [-0.4, -0.2) is 38.9 Å². The van der Waals surface area contributed by atoms with Crippen LogP contribution in [0.25, 0.3) is 0 Å². The fourth-order valence-electron chi connectivity index (χ4n) is 2.44. The van der Waals surface area contributed by atoms with Gasteiger partial charge in [0.2, 0.25) is 0 Å². The van der Waals surface area contributed by atoms with Crippen molar-refractivity contribution in [2.75, 3.05) is 27.3 Å². The van der Waals surface area contributed by atoms with Crippen LogP contribution < -0.4 is 15.4 Å². The number of ether oxygens (including phenoxy) is 2. The zero-order chi connectivity index (χ0) is 15.1. The second kappa shape index (κ2) is 7.31. The average Bonchev–Trinajstić information content (AvgIpc) is 2.95. The van der Waals surface area contributed by atoms with Crippen molar-refractivity contribution in [2.24, 2.45) is 4.99 Å². The normalized spacial score (nSPS) is 22.1. The number of benzene rings is 1. The van der Waals surface area contributed by atoms with Gasteiger partial charge in [-0.2, -0.15) is 0 Å². The predicted molar refractivity (Wildman–Crippen MR) is 84.8 cm³/mol. The maximum atomic E-state index is 5.77. The fourth-order valence-corrected chi connectivity index (χ4v) is 2.44. The average molecular weight is 291 g/mol. The first-order chi connectivity index (χ1) is 10.1. The molecule has 5 nitrogen and oxygen atoms in total. The highest BCUT2D eigenvalue weighted by molar-refractivity contribution is 5.79. The van der Waals surface area contributed by atoms with Gasteiger partial charge in [0.1, 0.15) is 5.75 Å². The minimum Gasteiger partial charge on any atom is -0.497 e. The largest absolute Gasteiger partial charge is 0.497 e. The first-order valence-corrected chi connectivity index (χ1v) is 7.37. The van der Waals surface area contributed by atoms with Crippen LogP contribution in [-0.2, 0) is 11.3 Å². The molecule has 1 saturated heterocycles. The molecule has 2 rings (SSSR count). The van der Waals surface area contributed by atoms with Crippen molar-refractivity contribution in [3.63, 3.8) is 0 Å². The van der Waals surface area contributed by atoms with E-state index in [0.717, 1.165) is 43.3 Å². The summed E-state index contributed by atoms with van der Waals surface area (Å²) in [6, 6.07) is 8.00. The Hall–Kier alpha value is -1.75. The highest BCUT2D eigenvalue weighted by Gasteiger charge is 2.29. The monoisotopic (exact) mass is 291 g/mol. The lowest BCUT2D eigenvalue weighted by atomic mass is 10.0. The summed E-state index contributed by atoms with van der Waals surface area (Å²) in [7, 11) is 3.45. The second-order valence-electron chi connectivity index (χ2n) is 5.53. The second-order valence-corrected chi connectivity index (χ2v) is 5.53. The van der Waals surface area contributed by atoms with E-state index in [9.17, 15) is 0 Å². The van der Waals surface area contributed by atoms with E-state index in [-0.39, 0.29) is 5.60 Å². The quantitative estimate of drug-likeness (QED) is 0.643. The number of hydrogen-bond donors (Lipinski definition) is 2. The Kier molecular flexibility index (Phi) is 5.44. The lowest BCUT2D eigenvalue weighted by Gasteiger charge is -2.24. The molecule has 1 aliphatic rings. The van der Waals surface area contributed by atoms with Gasteiger partial charge in [-0.25, -0.2) is 0 Å². The van der Waals surface area contributed by atoms with Gasteiger partial charge in [0, 0.05) is 26.7 Å². The smallest absolute Gasteiger partial charge is 0.191 e. The van der Waals surface area contributed by atoms with Gasteiger partial charge in [0.05, 0.1) is 12.7 Å². The Morgan fingerprint density at radius 3 is 2.95 bits per heavy atom. The van der Waals surface area contributed by atoms with E-state index < -0.39 is 0 Å². The molecule has 0 spiro atoms. The van der Waals surface area contributed by atoms with Crippen molar-refractivity contribution in [2.45, 2.75) is 31.9 Å². The minimum absolute atomic E-state index is 0.0758. The van der Waals surface area contributed by atoms with Gasteiger partial charge in [-0.3, -0.25) is 4.99 Å². The van der Waals surface area contributed by atoms with Crippen molar-refractivity contribution >= 4 is 5.96 Å². The van der Waals surface area contributed by atoms with Gasteiger partial charge < -0.3 is 20.1 Å². The number of guanidine groups is 1. The summed E-state index contributed by atoms with van der Waals surface area (Å²) in [4.78, 5) is 4.25. The van der Waals surface area contributed by atoms with Crippen molar-refractivity contribution in [3.05, 3.63) is 29.8 Å². The number of aliphatic imine (C=N–C) groups is 1. The molecule has 5 heteroatoms. The molecular weight excluding hydrogens is 266 g/mol. The summed E-state index contributed by atoms with van der Waals surface area (Å²) in [5.74, 6) is 1.65. The van der Waals surface area contributed by atoms with Crippen LogP contribution in [0.5, 0.6) is 5.75 Å². The third-order valence-corrected chi connectivity index (χ3v) is 3.75. The number of hydrogen-bond acceptors (Lipinski definition) is 3. The zero-order valence-corrected chi connectivity index (χ0v) is 13.1. The summed E-state index contributed by atoms with van der Waals surface area (Å²) in [5, 5.41) is 6.64. The lowest BCUT2D eigenvalue weighted by Crippen LogP contribution is -2.45. The summed E-state index contributed by atoms with van der Waals surface area (Å²) in [6.07, 6.45) is 2.22. The Morgan fingerprint density at radius 2 is 2.29 bits per heavy atom. The molecule has 1 fully saturated rings. The third kappa shape index (κ3) is 4.63. The number of nitrogens with one attached hydrogen (secondary N) is 2. The summed E-state index contributed by atoms with van der Waals surface area (Å²) >= 11 is 0. The van der Waals surface area contributed by atoms with E-state index in [2.05, 4.69) is 28.6 Å². The van der Waals surface area contributed by atoms with Crippen molar-refractivity contribution in [3.8, 4) is 5.75 Å². The fraction of sp³-hybridized carbons (Fsp3) is 0.562. The van der Waals surface area contributed by atoms with Crippen molar-refractivity contribution in [1.29, 1.82) is 0 Å². The van der Waals surface area contributed by atoms with E-state index >= 15 is 0 Å². The van der Waals surface area contributed by atoms with Gasteiger partial charge in [-0.05, 0) is 37.5 Å². The maximum Gasteiger partial charge on any atom is 0.191 e. The molecule has 0 saturated carbocycles. The molecule has 0 bridgehead atoms. The zero-order valence-electron chi connectivity index (χ0n) is 13.1. The molecule has 1 unspecified atom stereocenters. The number of nitrogens with zero attached hydrogens (tertiary/aromatic N) is 1. The topological polar surface area (TPSA) is 54.9 Å². The van der Waals surface area contributed by atoms with E-state index in [1.54, 1.807) is 14.2 Å².